The highest BCUT2D eigenvalue weighted by Gasteiger charge is 2.20. The summed E-state index contributed by atoms with van der Waals surface area (Å²) in [5, 5.41) is 13.5. The zero-order chi connectivity index (χ0) is 15.1. The monoisotopic (exact) mass is 291 g/mol. The molecule has 0 spiro atoms. The normalized spacial score (nSPS) is 23.8. The quantitative estimate of drug-likeness (QED) is 0.810. The number of hydrogen-bond donors (Lipinski definition) is 2. The highest BCUT2D eigenvalue weighted by molar-refractivity contribution is 5.27. The molecule has 1 aliphatic rings. The molecule has 3 unspecified atom stereocenters. The third-order valence-corrected chi connectivity index (χ3v) is 4.43. The van der Waals surface area contributed by atoms with Crippen molar-refractivity contribution in [1.29, 1.82) is 0 Å². The Balaban J connectivity index is 1.66. The number of aryl methyl sites for hydroxylation is 1. The molecule has 0 radical (unpaired) electrons. The molecule has 0 aromatic heterocycles. The lowest BCUT2D eigenvalue weighted by atomic mass is 9.84. The molecule has 1 fully saturated rings. The fourth-order valence-corrected chi connectivity index (χ4v) is 3.11. The number of benzene rings is 1. The SMILES string of the molecule is CCC1CCCC(NCC(O)COc2cccc(C)c2)C1. The molecule has 0 heterocycles. The molecule has 1 aromatic rings. The predicted molar refractivity (Wildman–Crippen MR) is 86.7 cm³/mol. The van der Waals surface area contributed by atoms with Gasteiger partial charge in [0.2, 0.25) is 0 Å². The van der Waals surface area contributed by atoms with Gasteiger partial charge in [-0.3, -0.25) is 0 Å². The fourth-order valence-electron chi connectivity index (χ4n) is 3.11. The van der Waals surface area contributed by atoms with Gasteiger partial charge < -0.3 is 15.2 Å². The van der Waals surface area contributed by atoms with Crippen LogP contribution in [0.15, 0.2) is 24.3 Å². The maximum atomic E-state index is 10.0. The van der Waals surface area contributed by atoms with Crippen LogP contribution in [0.2, 0.25) is 0 Å². The van der Waals surface area contributed by atoms with E-state index in [1.54, 1.807) is 0 Å². The van der Waals surface area contributed by atoms with Crippen molar-refractivity contribution in [2.75, 3.05) is 13.2 Å². The summed E-state index contributed by atoms with van der Waals surface area (Å²) in [6.07, 6.45) is 5.99. The zero-order valence-corrected chi connectivity index (χ0v) is 13.3. The van der Waals surface area contributed by atoms with Gasteiger partial charge in [-0.25, -0.2) is 0 Å². The molecule has 1 saturated carbocycles. The Kier molecular flexibility index (Phi) is 6.52. The summed E-state index contributed by atoms with van der Waals surface area (Å²) in [7, 11) is 0. The van der Waals surface area contributed by atoms with Gasteiger partial charge in [0.15, 0.2) is 0 Å². The van der Waals surface area contributed by atoms with Crippen molar-refractivity contribution in [3.8, 4) is 5.75 Å². The van der Waals surface area contributed by atoms with Crippen LogP contribution in [0, 0.1) is 12.8 Å². The smallest absolute Gasteiger partial charge is 0.119 e. The standard InChI is InChI=1S/C18H29NO2/c1-3-15-7-5-8-16(11-15)19-12-17(20)13-21-18-9-4-6-14(2)10-18/h4,6,9-10,15-17,19-20H,3,5,7-8,11-13H2,1-2H3. The first-order valence-corrected chi connectivity index (χ1v) is 8.28. The first kappa shape index (κ1) is 16.3. The molecule has 0 aliphatic heterocycles. The Bertz CT molecular complexity index is 421. The second kappa shape index (κ2) is 8.40. The average molecular weight is 291 g/mol. The fraction of sp³-hybridized carbons (Fsp3) is 0.667. The first-order valence-electron chi connectivity index (χ1n) is 8.28. The van der Waals surface area contributed by atoms with Crippen LogP contribution >= 0.6 is 0 Å². The molecule has 1 aliphatic carbocycles. The van der Waals surface area contributed by atoms with Gasteiger partial charge in [0.05, 0.1) is 0 Å². The summed E-state index contributed by atoms with van der Waals surface area (Å²) in [4.78, 5) is 0. The van der Waals surface area contributed by atoms with E-state index in [4.69, 9.17) is 4.74 Å². The number of aliphatic hydroxyl groups is 1. The van der Waals surface area contributed by atoms with E-state index in [0.29, 0.717) is 19.2 Å². The van der Waals surface area contributed by atoms with Gasteiger partial charge >= 0.3 is 0 Å². The molecule has 3 heteroatoms. The molecule has 0 bridgehead atoms. The Morgan fingerprint density at radius 2 is 2.24 bits per heavy atom. The lowest BCUT2D eigenvalue weighted by Crippen LogP contribution is -2.40. The molecular weight excluding hydrogens is 262 g/mol. The van der Waals surface area contributed by atoms with E-state index in [2.05, 4.69) is 12.2 Å². The van der Waals surface area contributed by atoms with Crippen LogP contribution < -0.4 is 10.1 Å². The Hall–Kier alpha value is -1.06. The van der Waals surface area contributed by atoms with Crippen molar-refractivity contribution in [2.45, 2.75) is 58.1 Å². The molecule has 3 nitrogen and oxygen atoms in total. The largest absolute Gasteiger partial charge is 0.491 e. The summed E-state index contributed by atoms with van der Waals surface area (Å²) in [6, 6.07) is 8.50. The van der Waals surface area contributed by atoms with Crippen molar-refractivity contribution >= 4 is 0 Å². The van der Waals surface area contributed by atoms with E-state index in [0.717, 1.165) is 11.7 Å². The lowest BCUT2D eigenvalue weighted by Gasteiger charge is -2.29. The minimum atomic E-state index is -0.451. The number of rotatable bonds is 7. The molecule has 1 aromatic carbocycles. The number of nitrogens with one attached hydrogen (secondary N) is 1. The van der Waals surface area contributed by atoms with Gasteiger partial charge in [0, 0.05) is 12.6 Å². The Labute approximate surface area is 128 Å². The van der Waals surface area contributed by atoms with Gasteiger partial charge in [0.1, 0.15) is 18.5 Å². The van der Waals surface area contributed by atoms with Crippen LogP contribution in [-0.2, 0) is 0 Å². The van der Waals surface area contributed by atoms with E-state index in [1.165, 1.54) is 37.7 Å². The van der Waals surface area contributed by atoms with Crippen molar-refractivity contribution in [3.63, 3.8) is 0 Å². The van der Waals surface area contributed by atoms with Crippen LogP contribution in [0.4, 0.5) is 0 Å². The van der Waals surface area contributed by atoms with Gasteiger partial charge in [-0.1, -0.05) is 38.3 Å². The third kappa shape index (κ3) is 5.68. The number of aliphatic hydroxyl groups excluding tert-OH is 1. The summed E-state index contributed by atoms with van der Waals surface area (Å²) in [5.41, 5.74) is 1.17. The molecule has 0 amide bonds. The molecule has 2 rings (SSSR count). The minimum absolute atomic E-state index is 0.348. The van der Waals surface area contributed by atoms with Crippen molar-refractivity contribution in [2.24, 2.45) is 5.92 Å². The van der Waals surface area contributed by atoms with Gasteiger partial charge in [0.25, 0.3) is 0 Å². The molecule has 0 saturated heterocycles. The minimum Gasteiger partial charge on any atom is -0.491 e. The average Bonchev–Trinajstić information content (AvgIpc) is 2.51. The van der Waals surface area contributed by atoms with Crippen LogP contribution in [0.25, 0.3) is 0 Å². The zero-order valence-electron chi connectivity index (χ0n) is 13.3. The Morgan fingerprint density at radius 1 is 1.38 bits per heavy atom. The van der Waals surface area contributed by atoms with E-state index in [9.17, 15) is 5.11 Å². The van der Waals surface area contributed by atoms with Crippen LogP contribution in [0.3, 0.4) is 0 Å². The molecular formula is C18H29NO2. The van der Waals surface area contributed by atoms with Crippen LogP contribution in [-0.4, -0.2) is 30.4 Å². The second-order valence-electron chi connectivity index (χ2n) is 6.33. The van der Waals surface area contributed by atoms with E-state index >= 15 is 0 Å². The number of hydrogen-bond acceptors (Lipinski definition) is 3. The summed E-state index contributed by atoms with van der Waals surface area (Å²) in [5.74, 6) is 1.69. The third-order valence-electron chi connectivity index (χ3n) is 4.43. The lowest BCUT2D eigenvalue weighted by molar-refractivity contribution is 0.1000. The second-order valence-corrected chi connectivity index (χ2v) is 6.33. The van der Waals surface area contributed by atoms with Crippen molar-refractivity contribution in [1.82, 2.24) is 5.32 Å². The molecule has 118 valence electrons. The van der Waals surface area contributed by atoms with E-state index < -0.39 is 6.10 Å². The van der Waals surface area contributed by atoms with Crippen molar-refractivity contribution in [3.05, 3.63) is 29.8 Å². The van der Waals surface area contributed by atoms with Gasteiger partial charge in [-0.05, 0) is 43.4 Å². The maximum Gasteiger partial charge on any atom is 0.119 e. The highest BCUT2D eigenvalue weighted by atomic mass is 16.5. The topological polar surface area (TPSA) is 41.5 Å². The van der Waals surface area contributed by atoms with E-state index in [-0.39, 0.29) is 0 Å². The van der Waals surface area contributed by atoms with Gasteiger partial charge in [-0.2, -0.15) is 0 Å². The molecule has 3 atom stereocenters. The highest BCUT2D eigenvalue weighted by Crippen LogP contribution is 2.26. The van der Waals surface area contributed by atoms with Crippen molar-refractivity contribution < 1.29 is 9.84 Å². The number of ether oxygens (including phenoxy) is 1. The predicted octanol–water partition coefficient (Wildman–Crippen LogP) is 3.29. The first-order chi connectivity index (χ1) is 10.2. The Morgan fingerprint density at radius 3 is 3.00 bits per heavy atom. The summed E-state index contributed by atoms with van der Waals surface area (Å²) >= 11 is 0. The summed E-state index contributed by atoms with van der Waals surface area (Å²) < 4.78 is 5.64. The van der Waals surface area contributed by atoms with Crippen LogP contribution in [0.5, 0.6) is 5.75 Å². The maximum absolute atomic E-state index is 10.0. The van der Waals surface area contributed by atoms with E-state index in [1.807, 2.05) is 31.2 Å². The summed E-state index contributed by atoms with van der Waals surface area (Å²) in [6.45, 7) is 5.28. The molecule has 2 N–H and O–H groups in total. The molecule has 21 heavy (non-hydrogen) atoms. The van der Waals surface area contributed by atoms with Crippen LogP contribution in [0.1, 0.15) is 44.6 Å². The van der Waals surface area contributed by atoms with Gasteiger partial charge in [-0.15, -0.1) is 0 Å².